The van der Waals surface area contributed by atoms with E-state index in [4.69, 9.17) is 11.6 Å². The normalized spacial score (nSPS) is 12.2. The van der Waals surface area contributed by atoms with E-state index in [0.29, 0.717) is 5.82 Å². The van der Waals surface area contributed by atoms with Crippen LogP contribution < -0.4 is 5.32 Å². The summed E-state index contributed by atoms with van der Waals surface area (Å²) in [4.78, 5) is 8.07. The lowest BCUT2D eigenvalue weighted by Crippen LogP contribution is -2.10. The van der Waals surface area contributed by atoms with Crippen LogP contribution in [-0.2, 0) is 0 Å². The molecule has 1 aromatic heterocycles. The molecule has 0 aliphatic rings. The van der Waals surface area contributed by atoms with E-state index in [-0.39, 0.29) is 11.3 Å². The van der Waals surface area contributed by atoms with Crippen LogP contribution in [0.3, 0.4) is 0 Å². The molecule has 94 valence electrons. The van der Waals surface area contributed by atoms with E-state index in [1.54, 1.807) is 6.20 Å². The Morgan fingerprint density at radius 3 is 2.78 bits per heavy atom. The van der Waals surface area contributed by atoms with Gasteiger partial charge in [-0.1, -0.05) is 24.3 Å². The summed E-state index contributed by atoms with van der Waals surface area (Å²) >= 11 is 9.20. The molecule has 0 aliphatic carbocycles. The second-order valence-electron chi connectivity index (χ2n) is 4.06. The minimum Gasteiger partial charge on any atom is -0.362 e. The number of nitrogens with one attached hydrogen (secondary N) is 1. The van der Waals surface area contributed by atoms with Crippen LogP contribution in [0.15, 0.2) is 34.9 Å². The molecule has 0 saturated heterocycles. The van der Waals surface area contributed by atoms with Gasteiger partial charge in [-0.25, -0.2) is 4.98 Å². The van der Waals surface area contributed by atoms with Crippen molar-refractivity contribution >= 4 is 33.3 Å². The van der Waals surface area contributed by atoms with Crippen LogP contribution >= 0.6 is 27.5 Å². The fourth-order valence-corrected chi connectivity index (χ4v) is 2.24. The van der Waals surface area contributed by atoms with Crippen molar-refractivity contribution in [3.05, 3.63) is 51.3 Å². The van der Waals surface area contributed by atoms with Crippen LogP contribution in [0.2, 0.25) is 5.28 Å². The second-order valence-corrected chi connectivity index (χ2v) is 5.25. The maximum atomic E-state index is 5.79. The summed E-state index contributed by atoms with van der Waals surface area (Å²) in [5.74, 6) is 0.700. The van der Waals surface area contributed by atoms with Gasteiger partial charge in [0.15, 0.2) is 0 Å². The Labute approximate surface area is 120 Å². The van der Waals surface area contributed by atoms with Gasteiger partial charge in [0.1, 0.15) is 5.82 Å². The molecule has 1 heterocycles. The Bertz CT molecular complexity index is 560. The highest BCUT2D eigenvalue weighted by molar-refractivity contribution is 9.10. The number of nitrogens with zero attached hydrogens (tertiary/aromatic N) is 2. The summed E-state index contributed by atoms with van der Waals surface area (Å²) in [5, 5.41) is 3.56. The number of anilines is 1. The van der Waals surface area contributed by atoms with Gasteiger partial charge in [0.2, 0.25) is 5.28 Å². The Balaban J connectivity index is 2.24. The molecule has 0 aliphatic heterocycles. The molecule has 0 bridgehead atoms. The maximum absolute atomic E-state index is 5.79. The zero-order valence-corrected chi connectivity index (χ0v) is 12.5. The SMILES string of the molecule is Cc1ccccc1C(C)Nc1nc(Cl)ncc1Br. The summed E-state index contributed by atoms with van der Waals surface area (Å²) < 4.78 is 0.798. The van der Waals surface area contributed by atoms with Gasteiger partial charge in [0, 0.05) is 6.20 Å². The van der Waals surface area contributed by atoms with Crippen molar-refractivity contribution < 1.29 is 0 Å². The Kier molecular flexibility index (Phi) is 4.19. The van der Waals surface area contributed by atoms with E-state index < -0.39 is 0 Å². The van der Waals surface area contributed by atoms with Crippen molar-refractivity contribution in [3.8, 4) is 0 Å². The highest BCUT2D eigenvalue weighted by Gasteiger charge is 2.11. The monoisotopic (exact) mass is 325 g/mol. The average Bonchev–Trinajstić information content (AvgIpc) is 2.34. The summed E-state index contributed by atoms with van der Waals surface area (Å²) in [7, 11) is 0. The number of hydrogen-bond donors (Lipinski definition) is 1. The first-order valence-electron chi connectivity index (χ1n) is 5.58. The summed E-state index contributed by atoms with van der Waals surface area (Å²) in [6, 6.07) is 8.40. The van der Waals surface area contributed by atoms with Crippen molar-refractivity contribution in [1.82, 2.24) is 9.97 Å². The molecule has 1 aromatic carbocycles. The lowest BCUT2D eigenvalue weighted by Gasteiger charge is -2.17. The van der Waals surface area contributed by atoms with E-state index in [0.717, 1.165) is 4.47 Å². The van der Waals surface area contributed by atoms with Crippen LogP contribution in [0.4, 0.5) is 5.82 Å². The summed E-state index contributed by atoms with van der Waals surface area (Å²) in [5.41, 5.74) is 2.48. The number of halogens is 2. The Morgan fingerprint density at radius 1 is 1.33 bits per heavy atom. The largest absolute Gasteiger partial charge is 0.362 e. The van der Waals surface area contributed by atoms with Crippen LogP contribution in [0, 0.1) is 6.92 Å². The van der Waals surface area contributed by atoms with Gasteiger partial charge in [-0.3, -0.25) is 0 Å². The van der Waals surface area contributed by atoms with Crippen molar-refractivity contribution in [2.75, 3.05) is 5.32 Å². The predicted octanol–water partition coefficient (Wildman–Crippen LogP) is 4.37. The van der Waals surface area contributed by atoms with E-state index in [9.17, 15) is 0 Å². The molecule has 0 fully saturated rings. The topological polar surface area (TPSA) is 37.8 Å². The molecule has 1 unspecified atom stereocenters. The standard InChI is InChI=1S/C13H13BrClN3/c1-8-5-3-4-6-10(8)9(2)17-12-11(14)7-16-13(15)18-12/h3-7,9H,1-2H3,(H,16,17,18). The van der Waals surface area contributed by atoms with Crippen molar-refractivity contribution in [2.45, 2.75) is 19.9 Å². The lowest BCUT2D eigenvalue weighted by molar-refractivity contribution is 0.860. The van der Waals surface area contributed by atoms with E-state index in [2.05, 4.69) is 57.2 Å². The van der Waals surface area contributed by atoms with E-state index >= 15 is 0 Å². The minimum absolute atomic E-state index is 0.147. The van der Waals surface area contributed by atoms with Crippen molar-refractivity contribution in [2.24, 2.45) is 0 Å². The highest BCUT2D eigenvalue weighted by atomic mass is 79.9. The molecule has 0 spiro atoms. The third-order valence-electron chi connectivity index (χ3n) is 2.72. The van der Waals surface area contributed by atoms with Gasteiger partial charge < -0.3 is 5.32 Å². The van der Waals surface area contributed by atoms with Gasteiger partial charge >= 0.3 is 0 Å². The second kappa shape index (κ2) is 5.67. The minimum atomic E-state index is 0.147. The van der Waals surface area contributed by atoms with Gasteiger partial charge in [-0.05, 0) is 52.5 Å². The first-order valence-corrected chi connectivity index (χ1v) is 6.75. The summed E-state index contributed by atoms with van der Waals surface area (Å²) in [6.07, 6.45) is 1.64. The van der Waals surface area contributed by atoms with Crippen molar-refractivity contribution in [3.63, 3.8) is 0 Å². The number of aryl methyl sites for hydroxylation is 1. The third-order valence-corrected chi connectivity index (χ3v) is 3.49. The molecular weight excluding hydrogens is 314 g/mol. The first-order chi connectivity index (χ1) is 8.58. The number of rotatable bonds is 3. The zero-order chi connectivity index (χ0) is 13.1. The van der Waals surface area contributed by atoms with Gasteiger partial charge in [-0.2, -0.15) is 4.98 Å². The zero-order valence-electron chi connectivity index (χ0n) is 10.1. The molecule has 0 amide bonds. The molecule has 18 heavy (non-hydrogen) atoms. The fourth-order valence-electron chi connectivity index (χ4n) is 1.80. The van der Waals surface area contributed by atoms with Crippen LogP contribution in [-0.4, -0.2) is 9.97 Å². The number of hydrogen-bond acceptors (Lipinski definition) is 3. The molecule has 1 N–H and O–H groups in total. The number of aromatic nitrogens is 2. The third kappa shape index (κ3) is 3.00. The first kappa shape index (κ1) is 13.3. The maximum Gasteiger partial charge on any atom is 0.224 e. The molecule has 0 saturated carbocycles. The quantitative estimate of drug-likeness (QED) is 0.851. The molecule has 2 rings (SSSR count). The lowest BCUT2D eigenvalue weighted by atomic mass is 10.0. The van der Waals surface area contributed by atoms with Gasteiger partial charge in [0.05, 0.1) is 10.5 Å². The van der Waals surface area contributed by atoms with Gasteiger partial charge in [0.25, 0.3) is 0 Å². The van der Waals surface area contributed by atoms with Crippen LogP contribution in [0.5, 0.6) is 0 Å². The van der Waals surface area contributed by atoms with Crippen LogP contribution in [0.1, 0.15) is 24.1 Å². The van der Waals surface area contributed by atoms with Gasteiger partial charge in [-0.15, -0.1) is 0 Å². The molecule has 2 aromatic rings. The summed E-state index contributed by atoms with van der Waals surface area (Å²) in [6.45, 7) is 4.18. The molecule has 3 nitrogen and oxygen atoms in total. The molecule has 5 heteroatoms. The highest BCUT2D eigenvalue weighted by Crippen LogP contribution is 2.26. The Morgan fingerprint density at radius 2 is 2.06 bits per heavy atom. The predicted molar refractivity (Wildman–Crippen MR) is 78.0 cm³/mol. The van der Waals surface area contributed by atoms with Crippen molar-refractivity contribution in [1.29, 1.82) is 0 Å². The number of benzene rings is 1. The smallest absolute Gasteiger partial charge is 0.224 e. The molecule has 1 atom stereocenters. The average molecular weight is 327 g/mol. The Hall–Kier alpha value is -1.13. The molecule has 0 radical (unpaired) electrons. The fraction of sp³-hybridized carbons (Fsp3) is 0.231. The van der Waals surface area contributed by atoms with E-state index in [1.807, 2.05) is 12.1 Å². The van der Waals surface area contributed by atoms with E-state index in [1.165, 1.54) is 11.1 Å². The van der Waals surface area contributed by atoms with Crippen LogP contribution in [0.25, 0.3) is 0 Å². The molecular formula is C13H13BrClN3.